The Morgan fingerprint density at radius 2 is 0.955 bits per heavy atom. The molecule has 22 heavy (non-hydrogen) atoms. The van der Waals surface area contributed by atoms with Crippen LogP contribution in [0.3, 0.4) is 0 Å². The normalized spacial score (nSPS) is 76.7. The van der Waals surface area contributed by atoms with Crippen LogP contribution in [0.1, 0.15) is 38.5 Å². The third-order valence-corrected chi connectivity index (χ3v) is 11.1. The second-order valence-corrected chi connectivity index (χ2v) is 10.9. The molecule has 14 atom stereocenters. The predicted molar refractivity (Wildman–Crippen MR) is 85.7 cm³/mol. The largest absolute Gasteiger partial charge is 0.0848 e. The number of fused-ring (bicyclic) bond motifs is 23. The van der Waals surface area contributed by atoms with Crippen molar-refractivity contribution in [3.8, 4) is 0 Å². The second-order valence-electron chi connectivity index (χ2n) is 10.9. The van der Waals surface area contributed by atoms with Crippen LogP contribution in [0.15, 0.2) is 12.2 Å². The van der Waals surface area contributed by atoms with Crippen LogP contribution < -0.4 is 0 Å². The lowest BCUT2D eigenvalue weighted by Crippen LogP contribution is -2.45. The quantitative estimate of drug-likeness (QED) is 0.451. The fraction of sp³-hybridized carbons (Fsp3) is 0.909. The summed E-state index contributed by atoms with van der Waals surface area (Å²) in [5, 5.41) is 0. The van der Waals surface area contributed by atoms with Crippen molar-refractivity contribution >= 4 is 0 Å². The fourth-order valence-electron chi connectivity index (χ4n) is 11.4. The first-order valence-corrected chi connectivity index (χ1v) is 10.6. The maximum absolute atomic E-state index is 2.65. The first-order chi connectivity index (χ1) is 10.9. The predicted octanol–water partition coefficient (Wildman–Crippen LogP) is 4.62. The zero-order valence-electron chi connectivity index (χ0n) is 13.5. The Balaban J connectivity index is 1.25. The van der Waals surface area contributed by atoms with Gasteiger partial charge in [0.2, 0.25) is 0 Å². The van der Waals surface area contributed by atoms with E-state index in [-0.39, 0.29) is 0 Å². The van der Waals surface area contributed by atoms with Gasteiger partial charge in [0.05, 0.1) is 0 Å². The lowest BCUT2D eigenvalue weighted by molar-refractivity contribution is -0.0171. The minimum absolute atomic E-state index is 1.03. The zero-order chi connectivity index (χ0) is 13.7. The van der Waals surface area contributed by atoms with Gasteiger partial charge >= 0.3 is 0 Å². The van der Waals surface area contributed by atoms with Crippen molar-refractivity contribution in [3.63, 3.8) is 0 Å². The van der Waals surface area contributed by atoms with Gasteiger partial charge in [-0.3, -0.25) is 0 Å². The van der Waals surface area contributed by atoms with E-state index in [9.17, 15) is 0 Å². The summed E-state index contributed by atoms with van der Waals surface area (Å²) >= 11 is 0. The highest BCUT2D eigenvalue weighted by molar-refractivity contribution is 5.27. The molecule has 0 N–H and O–H groups in total. The van der Waals surface area contributed by atoms with Gasteiger partial charge < -0.3 is 0 Å². The Bertz CT molecular complexity index is 555. The lowest BCUT2D eigenvalue weighted by atomic mass is 9.55. The summed E-state index contributed by atoms with van der Waals surface area (Å²) in [4.78, 5) is 0. The molecule has 8 aliphatic carbocycles. The second kappa shape index (κ2) is 3.27. The molecule has 0 heterocycles. The average Bonchev–Trinajstić information content (AvgIpc) is 3.40. The van der Waals surface area contributed by atoms with Crippen LogP contribution in [0.25, 0.3) is 0 Å². The van der Waals surface area contributed by atoms with Gasteiger partial charge in [0.1, 0.15) is 0 Å². The van der Waals surface area contributed by atoms with Crippen molar-refractivity contribution in [1.82, 2.24) is 0 Å². The molecular weight excluding hydrogens is 264 g/mol. The Kier molecular flexibility index (Phi) is 1.68. The van der Waals surface area contributed by atoms with E-state index >= 15 is 0 Å². The van der Waals surface area contributed by atoms with Crippen LogP contribution in [0.2, 0.25) is 0 Å². The molecular formula is C22H28. The third-order valence-electron chi connectivity index (χ3n) is 11.1. The van der Waals surface area contributed by atoms with Crippen molar-refractivity contribution in [1.29, 1.82) is 0 Å². The SMILES string of the molecule is C1=CC2CC1C1C3CC(C21)C1C2CC(C4C5CCC(C5)C24)C31. The fourth-order valence-corrected chi connectivity index (χ4v) is 11.4. The zero-order valence-corrected chi connectivity index (χ0v) is 13.5. The lowest BCUT2D eigenvalue weighted by Gasteiger charge is -2.49. The van der Waals surface area contributed by atoms with Crippen molar-refractivity contribution < 1.29 is 0 Å². The van der Waals surface area contributed by atoms with E-state index < -0.39 is 0 Å². The Hall–Kier alpha value is -0.260. The van der Waals surface area contributed by atoms with Gasteiger partial charge in [-0.15, -0.1) is 0 Å². The molecule has 7 saturated carbocycles. The van der Waals surface area contributed by atoms with Gasteiger partial charge in [0, 0.05) is 0 Å². The molecule has 0 nitrogen and oxygen atoms in total. The summed E-state index contributed by atoms with van der Waals surface area (Å²) in [7, 11) is 0. The molecule has 0 saturated heterocycles. The molecule has 0 radical (unpaired) electrons. The number of hydrogen-bond donors (Lipinski definition) is 0. The van der Waals surface area contributed by atoms with E-state index in [0.29, 0.717) is 0 Å². The molecule has 0 amide bonds. The van der Waals surface area contributed by atoms with Crippen molar-refractivity contribution in [2.24, 2.45) is 82.9 Å². The minimum atomic E-state index is 1.03. The molecule has 0 spiro atoms. The summed E-state index contributed by atoms with van der Waals surface area (Å²) in [6.45, 7) is 0. The van der Waals surface area contributed by atoms with Crippen LogP contribution in [-0.4, -0.2) is 0 Å². The molecule has 0 aromatic carbocycles. The Labute approximate surface area is 134 Å². The highest BCUT2D eigenvalue weighted by Crippen LogP contribution is 2.80. The molecule has 0 heteroatoms. The minimum Gasteiger partial charge on any atom is -0.0848 e. The number of hydrogen-bond acceptors (Lipinski definition) is 0. The van der Waals surface area contributed by atoms with Gasteiger partial charge in [-0.25, -0.2) is 0 Å². The maximum atomic E-state index is 2.65. The van der Waals surface area contributed by atoms with Crippen molar-refractivity contribution in [2.75, 3.05) is 0 Å². The summed E-state index contributed by atoms with van der Waals surface area (Å²) in [5.74, 6) is 16.5. The highest BCUT2D eigenvalue weighted by atomic mass is 14.8. The summed E-state index contributed by atoms with van der Waals surface area (Å²) in [5.41, 5.74) is 0. The van der Waals surface area contributed by atoms with E-state index in [0.717, 1.165) is 23.7 Å². The number of allylic oxidation sites excluding steroid dienone is 2. The first kappa shape index (κ1) is 11.3. The summed E-state index contributed by atoms with van der Waals surface area (Å²) < 4.78 is 0. The summed E-state index contributed by atoms with van der Waals surface area (Å²) in [6, 6.07) is 0. The van der Waals surface area contributed by atoms with Gasteiger partial charge in [0.15, 0.2) is 0 Å². The van der Waals surface area contributed by atoms with Gasteiger partial charge in [-0.1, -0.05) is 12.2 Å². The molecule has 0 aliphatic heterocycles. The molecule has 14 unspecified atom stereocenters. The van der Waals surface area contributed by atoms with E-state index in [1.807, 2.05) is 0 Å². The van der Waals surface area contributed by atoms with Crippen LogP contribution >= 0.6 is 0 Å². The van der Waals surface area contributed by atoms with E-state index in [1.165, 1.54) is 59.2 Å². The molecule has 116 valence electrons. The smallest absolute Gasteiger partial charge is 0.0194 e. The van der Waals surface area contributed by atoms with Crippen molar-refractivity contribution in [3.05, 3.63) is 12.2 Å². The Morgan fingerprint density at radius 3 is 1.50 bits per heavy atom. The van der Waals surface area contributed by atoms with E-state index in [2.05, 4.69) is 12.2 Å². The van der Waals surface area contributed by atoms with Gasteiger partial charge in [-0.05, 0) is 121 Å². The molecule has 8 rings (SSSR count). The summed E-state index contributed by atoms with van der Waals surface area (Å²) in [6.07, 6.45) is 15.2. The van der Waals surface area contributed by atoms with Crippen LogP contribution in [0.5, 0.6) is 0 Å². The van der Waals surface area contributed by atoms with E-state index in [1.54, 1.807) is 38.5 Å². The Morgan fingerprint density at radius 1 is 0.455 bits per heavy atom. The standard InChI is InChI=1S/C22H28/c1-2-10-5-9(1)17-13-7-14(18(10)17)22-16-8-15(21(13)22)19-11-3-4-12(6-11)20(16)19/h1-2,9-22H,3-8H2. The molecule has 0 aromatic heterocycles. The van der Waals surface area contributed by atoms with E-state index in [4.69, 9.17) is 0 Å². The molecule has 8 bridgehead atoms. The topological polar surface area (TPSA) is 0 Å². The third kappa shape index (κ3) is 0.943. The molecule has 7 fully saturated rings. The van der Waals surface area contributed by atoms with Gasteiger partial charge in [0.25, 0.3) is 0 Å². The van der Waals surface area contributed by atoms with Crippen LogP contribution in [0.4, 0.5) is 0 Å². The van der Waals surface area contributed by atoms with Crippen LogP contribution in [-0.2, 0) is 0 Å². The maximum Gasteiger partial charge on any atom is -0.0194 e. The first-order valence-electron chi connectivity index (χ1n) is 10.6. The number of rotatable bonds is 0. The molecule has 8 aliphatic rings. The van der Waals surface area contributed by atoms with Crippen molar-refractivity contribution in [2.45, 2.75) is 38.5 Å². The monoisotopic (exact) mass is 292 g/mol. The van der Waals surface area contributed by atoms with Gasteiger partial charge in [-0.2, -0.15) is 0 Å². The highest BCUT2D eigenvalue weighted by Gasteiger charge is 2.75. The average molecular weight is 292 g/mol. The van der Waals surface area contributed by atoms with Crippen LogP contribution in [0, 0.1) is 82.9 Å². The molecule has 0 aromatic rings.